The predicted octanol–water partition coefficient (Wildman–Crippen LogP) is 4.56. The quantitative estimate of drug-likeness (QED) is 0.542. The molecule has 0 bridgehead atoms. The fourth-order valence-corrected chi connectivity index (χ4v) is 4.38. The first kappa shape index (κ1) is 18.3. The zero-order valence-electron chi connectivity index (χ0n) is 15.8. The molecule has 2 aromatic carbocycles. The molecule has 4 aromatic rings. The Morgan fingerprint density at radius 1 is 0.964 bits per heavy atom. The van der Waals surface area contributed by atoms with E-state index in [1.165, 1.54) is 0 Å². The monoisotopic (exact) mass is 391 g/mol. The number of aromatic nitrogens is 2. The maximum atomic E-state index is 12.6. The van der Waals surface area contributed by atoms with Gasteiger partial charge in [-0.05, 0) is 49.2 Å². The van der Waals surface area contributed by atoms with Gasteiger partial charge in [-0.2, -0.15) is 0 Å². The molecule has 0 unspecified atom stereocenters. The first-order chi connectivity index (χ1) is 13.4. The van der Waals surface area contributed by atoms with Crippen molar-refractivity contribution in [3.05, 3.63) is 89.7 Å². The molecule has 6 heteroatoms. The standard InChI is InChI=1S/C22H21N3O2S/c1-16-5-3-6-18(11-16)15-28(26,27)24-20-8-4-7-19(13-20)21-14-25-10-9-17(2)12-22(25)23-21/h3-14,24H,15H2,1-2H3. The summed E-state index contributed by atoms with van der Waals surface area (Å²) in [4.78, 5) is 4.64. The van der Waals surface area contributed by atoms with Gasteiger partial charge in [-0.1, -0.05) is 42.0 Å². The molecule has 0 spiro atoms. The van der Waals surface area contributed by atoms with Crippen LogP contribution in [0, 0.1) is 13.8 Å². The summed E-state index contributed by atoms with van der Waals surface area (Å²) in [7, 11) is -3.51. The lowest BCUT2D eigenvalue weighted by atomic mass is 10.1. The molecule has 0 aliphatic carbocycles. The average Bonchev–Trinajstić information content (AvgIpc) is 3.04. The highest BCUT2D eigenvalue weighted by Gasteiger charge is 2.13. The molecule has 0 atom stereocenters. The number of nitrogens with one attached hydrogen (secondary N) is 1. The number of fused-ring (bicyclic) bond motifs is 1. The van der Waals surface area contributed by atoms with Gasteiger partial charge >= 0.3 is 0 Å². The second-order valence-corrected chi connectivity index (χ2v) is 8.75. The van der Waals surface area contributed by atoms with Crippen LogP contribution < -0.4 is 4.72 Å². The molecule has 0 fully saturated rings. The molecule has 0 amide bonds. The number of sulfonamides is 1. The molecule has 0 saturated carbocycles. The summed E-state index contributed by atoms with van der Waals surface area (Å²) in [5, 5.41) is 0. The van der Waals surface area contributed by atoms with Crippen molar-refractivity contribution in [3.63, 3.8) is 0 Å². The smallest absolute Gasteiger partial charge is 0.236 e. The number of hydrogen-bond donors (Lipinski definition) is 1. The van der Waals surface area contributed by atoms with Crippen LogP contribution in [0.15, 0.2) is 73.1 Å². The van der Waals surface area contributed by atoms with E-state index in [2.05, 4.69) is 9.71 Å². The van der Waals surface area contributed by atoms with Crippen LogP contribution >= 0.6 is 0 Å². The Hall–Kier alpha value is -3.12. The molecular weight excluding hydrogens is 370 g/mol. The van der Waals surface area contributed by atoms with Crippen molar-refractivity contribution in [2.75, 3.05) is 4.72 Å². The summed E-state index contributed by atoms with van der Waals surface area (Å²) in [6.45, 7) is 3.97. The maximum Gasteiger partial charge on any atom is 0.236 e. The summed E-state index contributed by atoms with van der Waals surface area (Å²) < 4.78 is 29.8. The lowest BCUT2D eigenvalue weighted by Gasteiger charge is -2.09. The lowest BCUT2D eigenvalue weighted by Crippen LogP contribution is -2.15. The molecule has 142 valence electrons. The fourth-order valence-electron chi connectivity index (χ4n) is 3.20. The van der Waals surface area contributed by atoms with Crippen LogP contribution in [0.2, 0.25) is 0 Å². The number of nitrogens with zero attached hydrogens (tertiary/aromatic N) is 2. The van der Waals surface area contributed by atoms with E-state index in [1.807, 2.05) is 85.2 Å². The van der Waals surface area contributed by atoms with E-state index in [9.17, 15) is 8.42 Å². The molecule has 0 aliphatic rings. The van der Waals surface area contributed by atoms with Gasteiger partial charge in [-0.3, -0.25) is 4.72 Å². The zero-order chi connectivity index (χ0) is 19.7. The van der Waals surface area contributed by atoms with Crippen molar-refractivity contribution >= 4 is 21.4 Å². The van der Waals surface area contributed by atoms with Gasteiger partial charge in [0.05, 0.1) is 11.4 Å². The SMILES string of the molecule is Cc1cccc(CS(=O)(=O)Nc2cccc(-c3cn4ccc(C)cc4n3)c2)c1. The number of pyridine rings is 1. The highest BCUT2D eigenvalue weighted by atomic mass is 32.2. The lowest BCUT2D eigenvalue weighted by molar-refractivity contribution is 0.600. The molecule has 28 heavy (non-hydrogen) atoms. The van der Waals surface area contributed by atoms with Gasteiger partial charge in [0.25, 0.3) is 0 Å². The van der Waals surface area contributed by atoms with Crippen molar-refractivity contribution in [1.82, 2.24) is 9.38 Å². The molecule has 0 radical (unpaired) electrons. The molecule has 0 aliphatic heterocycles. The van der Waals surface area contributed by atoms with Crippen LogP contribution in [0.1, 0.15) is 16.7 Å². The molecule has 0 saturated heterocycles. The molecule has 2 heterocycles. The average molecular weight is 391 g/mol. The number of aryl methyl sites for hydroxylation is 2. The van der Waals surface area contributed by atoms with E-state index in [-0.39, 0.29) is 5.75 Å². The van der Waals surface area contributed by atoms with Crippen molar-refractivity contribution in [3.8, 4) is 11.3 Å². The predicted molar refractivity (Wildman–Crippen MR) is 113 cm³/mol. The van der Waals surface area contributed by atoms with Crippen LogP contribution in [0.4, 0.5) is 5.69 Å². The van der Waals surface area contributed by atoms with E-state index in [0.717, 1.165) is 33.6 Å². The second-order valence-electron chi connectivity index (χ2n) is 7.03. The fraction of sp³-hybridized carbons (Fsp3) is 0.136. The normalized spacial score (nSPS) is 11.6. The van der Waals surface area contributed by atoms with E-state index >= 15 is 0 Å². The van der Waals surface area contributed by atoms with Crippen LogP contribution in [-0.2, 0) is 15.8 Å². The van der Waals surface area contributed by atoms with Crippen LogP contribution in [0.5, 0.6) is 0 Å². The van der Waals surface area contributed by atoms with E-state index in [0.29, 0.717) is 5.69 Å². The summed E-state index contributed by atoms with van der Waals surface area (Å²) in [6, 6.07) is 18.9. The maximum absolute atomic E-state index is 12.6. The van der Waals surface area contributed by atoms with Crippen molar-refractivity contribution in [1.29, 1.82) is 0 Å². The summed E-state index contributed by atoms with van der Waals surface area (Å²) >= 11 is 0. The number of hydrogen-bond acceptors (Lipinski definition) is 3. The summed E-state index contributed by atoms with van der Waals surface area (Å²) in [5.74, 6) is -0.0629. The van der Waals surface area contributed by atoms with E-state index in [1.54, 1.807) is 6.07 Å². The Bertz CT molecular complexity index is 1260. The van der Waals surface area contributed by atoms with Crippen LogP contribution in [-0.4, -0.2) is 17.8 Å². The molecule has 2 aromatic heterocycles. The molecule has 4 rings (SSSR count). The minimum absolute atomic E-state index is 0.0629. The number of imidazole rings is 1. The van der Waals surface area contributed by atoms with E-state index in [4.69, 9.17) is 0 Å². The Morgan fingerprint density at radius 3 is 2.57 bits per heavy atom. The minimum Gasteiger partial charge on any atom is -0.306 e. The van der Waals surface area contributed by atoms with Crippen LogP contribution in [0.25, 0.3) is 16.9 Å². The second kappa shape index (κ2) is 7.13. The number of anilines is 1. The Morgan fingerprint density at radius 2 is 1.75 bits per heavy atom. The van der Waals surface area contributed by atoms with Gasteiger partial charge in [0, 0.05) is 23.6 Å². The highest BCUT2D eigenvalue weighted by Crippen LogP contribution is 2.24. The van der Waals surface area contributed by atoms with Gasteiger partial charge in [0.15, 0.2) is 0 Å². The van der Waals surface area contributed by atoms with Gasteiger partial charge in [0.1, 0.15) is 5.65 Å². The molecule has 5 nitrogen and oxygen atoms in total. The van der Waals surface area contributed by atoms with Crippen molar-refractivity contribution < 1.29 is 8.42 Å². The Kier molecular flexibility index (Phi) is 4.65. The molecule has 1 N–H and O–H groups in total. The minimum atomic E-state index is -3.51. The Labute approximate surface area is 164 Å². The third-order valence-electron chi connectivity index (χ3n) is 4.49. The number of rotatable bonds is 5. The third-order valence-corrected chi connectivity index (χ3v) is 5.75. The third kappa shape index (κ3) is 4.07. The molecular formula is C22H21N3O2S. The van der Waals surface area contributed by atoms with Crippen molar-refractivity contribution in [2.24, 2.45) is 0 Å². The largest absolute Gasteiger partial charge is 0.306 e. The van der Waals surface area contributed by atoms with Gasteiger partial charge in [-0.25, -0.2) is 13.4 Å². The van der Waals surface area contributed by atoms with Gasteiger partial charge in [0.2, 0.25) is 10.0 Å². The number of benzene rings is 2. The topological polar surface area (TPSA) is 63.5 Å². The Balaban J connectivity index is 1.59. The zero-order valence-corrected chi connectivity index (χ0v) is 16.6. The van der Waals surface area contributed by atoms with Gasteiger partial charge < -0.3 is 4.40 Å². The van der Waals surface area contributed by atoms with Gasteiger partial charge in [-0.15, -0.1) is 0 Å². The first-order valence-electron chi connectivity index (χ1n) is 9.00. The van der Waals surface area contributed by atoms with E-state index < -0.39 is 10.0 Å². The first-order valence-corrected chi connectivity index (χ1v) is 10.6. The summed E-state index contributed by atoms with van der Waals surface area (Å²) in [5.41, 5.74) is 5.99. The van der Waals surface area contributed by atoms with Crippen molar-refractivity contribution in [2.45, 2.75) is 19.6 Å². The highest BCUT2D eigenvalue weighted by molar-refractivity contribution is 7.91. The van der Waals surface area contributed by atoms with Crippen LogP contribution in [0.3, 0.4) is 0 Å². The summed E-state index contributed by atoms with van der Waals surface area (Å²) in [6.07, 6.45) is 3.91.